The van der Waals surface area contributed by atoms with Gasteiger partial charge < -0.3 is 19.3 Å². The lowest BCUT2D eigenvalue weighted by molar-refractivity contribution is 0.0218. The van der Waals surface area contributed by atoms with Crippen LogP contribution in [0.5, 0.6) is 0 Å². The molecule has 2 heterocycles. The van der Waals surface area contributed by atoms with E-state index in [9.17, 15) is 14.0 Å². The molecule has 0 aromatic carbocycles. The first-order chi connectivity index (χ1) is 11.6. The number of amides is 1. The van der Waals surface area contributed by atoms with Gasteiger partial charge in [-0.3, -0.25) is 0 Å². The van der Waals surface area contributed by atoms with Gasteiger partial charge in [-0.1, -0.05) is 0 Å². The minimum Gasteiger partial charge on any atom is -0.464 e. The predicted octanol–water partition coefficient (Wildman–Crippen LogP) is 2.45. The lowest BCUT2D eigenvalue weighted by Crippen LogP contribution is -2.54. The number of halogens is 1. The number of piperazine rings is 1. The summed E-state index contributed by atoms with van der Waals surface area (Å²) < 4.78 is 24.0. The van der Waals surface area contributed by atoms with Crippen LogP contribution in [0.3, 0.4) is 0 Å². The smallest absolute Gasteiger partial charge is 0.410 e. The molecule has 0 radical (unpaired) electrons. The topological polar surface area (TPSA) is 72.0 Å². The van der Waals surface area contributed by atoms with Gasteiger partial charge in [0.05, 0.1) is 19.0 Å². The molecule has 1 amide bonds. The molecule has 0 N–H and O–H groups in total. The molecule has 1 aromatic rings. The van der Waals surface area contributed by atoms with Crippen LogP contribution in [-0.2, 0) is 9.47 Å². The zero-order chi connectivity index (χ0) is 18.8. The van der Waals surface area contributed by atoms with Crippen molar-refractivity contribution in [2.75, 3.05) is 31.6 Å². The normalized spacial score (nSPS) is 18.1. The maximum Gasteiger partial charge on any atom is 0.410 e. The third-order valence-electron chi connectivity index (χ3n) is 3.82. The Hall–Kier alpha value is -2.38. The molecule has 2 rings (SSSR count). The van der Waals surface area contributed by atoms with Gasteiger partial charge >= 0.3 is 12.1 Å². The average Bonchev–Trinajstić information content (AvgIpc) is 2.52. The number of ether oxygens (including phenoxy) is 2. The zero-order valence-corrected chi connectivity index (χ0v) is 15.2. The molecule has 0 saturated carbocycles. The van der Waals surface area contributed by atoms with Gasteiger partial charge in [-0.05, 0) is 27.7 Å². The van der Waals surface area contributed by atoms with Crippen molar-refractivity contribution in [3.05, 3.63) is 23.8 Å². The minimum absolute atomic E-state index is 0.0496. The van der Waals surface area contributed by atoms with Crippen molar-refractivity contribution in [2.24, 2.45) is 0 Å². The highest BCUT2D eigenvalue weighted by Gasteiger charge is 2.30. The molecule has 138 valence electrons. The number of aromatic nitrogens is 1. The van der Waals surface area contributed by atoms with Gasteiger partial charge in [0.2, 0.25) is 0 Å². The summed E-state index contributed by atoms with van der Waals surface area (Å²) in [5.74, 6) is -1.54. The fraction of sp³-hybridized carbons (Fsp3) is 0.588. The zero-order valence-electron chi connectivity index (χ0n) is 15.2. The van der Waals surface area contributed by atoms with Crippen molar-refractivity contribution in [1.82, 2.24) is 9.88 Å². The number of hydrogen-bond donors (Lipinski definition) is 0. The molecular formula is C17H24FN3O4. The van der Waals surface area contributed by atoms with E-state index in [-0.39, 0.29) is 17.8 Å². The van der Waals surface area contributed by atoms with Gasteiger partial charge in [0.25, 0.3) is 0 Å². The Balaban J connectivity index is 2.08. The van der Waals surface area contributed by atoms with Gasteiger partial charge in [0.1, 0.15) is 5.60 Å². The quantitative estimate of drug-likeness (QED) is 0.761. The number of rotatable bonds is 2. The highest BCUT2D eigenvalue weighted by atomic mass is 19.1. The molecule has 7 nitrogen and oxygen atoms in total. The SMILES string of the molecule is COC(=O)c1ncc(N2CCN(C(=O)OC(C)(C)C)C[C@H]2C)cc1F. The van der Waals surface area contributed by atoms with E-state index in [1.54, 1.807) is 4.90 Å². The highest BCUT2D eigenvalue weighted by molar-refractivity contribution is 5.87. The standard InChI is InChI=1S/C17H24FN3O4/c1-11-10-20(16(23)25-17(2,3)4)6-7-21(11)12-8-13(18)14(19-9-12)15(22)24-5/h8-9,11H,6-7,10H2,1-5H3/t11-/m1/s1. The van der Waals surface area contributed by atoms with Crippen molar-refractivity contribution >= 4 is 17.7 Å². The summed E-state index contributed by atoms with van der Waals surface area (Å²) >= 11 is 0. The fourth-order valence-electron chi connectivity index (χ4n) is 2.67. The van der Waals surface area contributed by atoms with E-state index < -0.39 is 17.4 Å². The van der Waals surface area contributed by atoms with E-state index in [0.29, 0.717) is 25.3 Å². The van der Waals surface area contributed by atoms with Crippen LogP contribution in [0.25, 0.3) is 0 Å². The lowest BCUT2D eigenvalue weighted by Gasteiger charge is -2.41. The summed E-state index contributed by atoms with van der Waals surface area (Å²) in [6, 6.07) is 1.21. The summed E-state index contributed by atoms with van der Waals surface area (Å²) in [6.45, 7) is 8.82. The number of carbonyl (C=O) groups is 2. The molecule has 1 aliphatic rings. The van der Waals surface area contributed by atoms with E-state index >= 15 is 0 Å². The molecule has 1 atom stereocenters. The number of pyridine rings is 1. The Morgan fingerprint density at radius 2 is 2.00 bits per heavy atom. The van der Waals surface area contributed by atoms with Crippen LogP contribution in [0.2, 0.25) is 0 Å². The Kier molecular flexibility index (Phi) is 5.49. The van der Waals surface area contributed by atoms with E-state index in [1.807, 2.05) is 32.6 Å². The average molecular weight is 353 g/mol. The number of carbonyl (C=O) groups excluding carboxylic acids is 2. The van der Waals surface area contributed by atoms with E-state index in [0.717, 1.165) is 0 Å². The Labute approximate surface area is 146 Å². The second-order valence-electron chi connectivity index (χ2n) is 6.98. The van der Waals surface area contributed by atoms with Crippen LogP contribution in [0, 0.1) is 5.82 Å². The summed E-state index contributed by atoms with van der Waals surface area (Å²) in [5.41, 5.74) is -0.332. The van der Waals surface area contributed by atoms with Crippen molar-refractivity contribution in [3.8, 4) is 0 Å². The van der Waals surface area contributed by atoms with Crippen molar-refractivity contribution in [2.45, 2.75) is 39.3 Å². The van der Waals surface area contributed by atoms with E-state index in [1.165, 1.54) is 19.4 Å². The van der Waals surface area contributed by atoms with Gasteiger partial charge in [-0.15, -0.1) is 0 Å². The minimum atomic E-state index is -0.813. The summed E-state index contributed by atoms with van der Waals surface area (Å²) in [6.07, 6.45) is 1.08. The Morgan fingerprint density at radius 3 is 2.52 bits per heavy atom. The van der Waals surface area contributed by atoms with Crippen LogP contribution >= 0.6 is 0 Å². The molecule has 25 heavy (non-hydrogen) atoms. The van der Waals surface area contributed by atoms with Gasteiger partial charge in [-0.25, -0.2) is 19.0 Å². The molecule has 8 heteroatoms. The first-order valence-corrected chi connectivity index (χ1v) is 8.11. The maximum absolute atomic E-state index is 14.1. The molecule has 1 fully saturated rings. The molecule has 1 aromatic heterocycles. The van der Waals surface area contributed by atoms with Gasteiger partial charge in [0.15, 0.2) is 11.5 Å². The monoisotopic (exact) mass is 353 g/mol. The van der Waals surface area contributed by atoms with Crippen LogP contribution in [0.4, 0.5) is 14.9 Å². The lowest BCUT2D eigenvalue weighted by atomic mass is 10.1. The van der Waals surface area contributed by atoms with Crippen molar-refractivity contribution in [3.63, 3.8) is 0 Å². The molecule has 1 saturated heterocycles. The number of hydrogen-bond acceptors (Lipinski definition) is 6. The summed E-state index contributed by atoms with van der Waals surface area (Å²) in [5, 5.41) is 0. The summed E-state index contributed by atoms with van der Waals surface area (Å²) in [4.78, 5) is 31.0. The number of esters is 1. The fourth-order valence-corrected chi connectivity index (χ4v) is 2.67. The number of methoxy groups -OCH3 is 1. The van der Waals surface area contributed by atoms with E-state index in [2.05, 4.69) is 9.72 Å². The van der Waals surface area contributed by atoms with Crippen molar-refractivity contribution in [1.29, 1.82) is 0 Å². The van der Waals surface area contributed by atoms with E-state index in [4.69, 9.17) is 4.74 Å². The molecule has 0 aliphatic carbocycles. The summed E-state index contributed by atoms with van der Waals surface area (Å²) in [7, 11) is 1.18. The van der Waals surface area contributed by atoms with Crippen LogP contribution in [-0.4, -0.2) is 60.3 Å². The largest absolute Gasteiger partial charge is 0.464 e. The first-order valence-electron chi connectivity index (χ1n) is 8.11. The van der Waals surface area contributed by atoms with Crippen LogP contribution in [0.15, 0.2) is 12.3 Å². The first kappa shape index (κ1) is 19.0. The third kappa shape index (κ3) is 4.58. The van der Waals surface area contributed by atoms with Crippen LogP contribution in [0.1, 0.15) is 38.2 Å². The molecule has 1 aliphatic heterocycles. The van der Waals surface area contributed by atoms with Crippen molar-refractivity contribution < 1.29 is 23.5 Å². The highest BCUT2D eigenvalue weighted by Crippen LogP contribution is 2.23. The third-order valence-corrected chi connectivity index (χ3v) is 3.82. The van der Waals surface area contributed by atoms with Gasteiger partial charge in [-0.2, -0.15) is 0 Å². The molecular weight excluding hydrogens is 329 g/mol. The predicted molar refractivity (Wildman–Crippen MR) is 90.1 cm³/mol. The second-order valence-corrected chi connectivity index (χ2v) is 6.98. The van der Waals surface area contributed by atoms with Crippen LogP contribution < -0.4 is 4.90 Å². The Morgan fingerprint density at radius 1 is 1.32 bits per heavy atom. The molecule has 0 bridgehead atoms. The maximum atomic E-state index is 14.1. The number of nitrogens with zero attached hydrogens (tertiary/aromatic N) is 3. The molecule has 0 unspecified atom stereocenters. The second kappa shape index (κ2) is 7.25. The number of anilines is 1. The van der Waals surface area contributed by atoms with Gasteiger partial charge in [0, 0.05) is 31.7 Å². The Bertz CT molecular complexity index is 660. The molecule has 0 spiro atoms.